The number of anilines is 1. The van der Waals surface area contributed by atoms with E-state index in [1.807, 2.05) is 6.07 Å². The second-order valence-electron chi connectivity index (χ2n) is 4.82. The van der Waals surface area contributed by atoms with Crippen LogP contribution in [0.5, 0.6) is 5.88 Å². The SMILES string of the molecule is Nc1cc2c(nc1OC1CCCC1)CCOC2. The van der Waals surface area contributed by atoms with Gasteiger partial charge < -0.3 is 15.2 Å². The Kier molecular flexibility index (Phi) is 2.89. The normalized spacial score (nSPS) is 20.2. The van der Waals surface area contributed by atoms with Crippen LogP contribution >= 0.6 is 0 Å². The Hall–Kier alpha value is -1.29. The monoisotopic (exact) mass is 234 g/mol. The molecule has 17 heavy (non-hydrogen) atoms. The molecule has 0 unspecified atom stereocenters. The van der Waals surface area contributed by atoms with Gasteiger partial charge in [-0.1, -0.05) is 0 Å². The molecule has 92 valence electrons. The molecule has 1 fully saturated rings. The van der Waals surface area contributed by atoms with Crippen LogP contribution in [0.4, 0.5) is 5.69 Å². The zero-order chi connectivity index (χ0) is 11.7. The van der Waals surface area contributed by atoms with Crippen molar-refractivity contribution < 1.29 is 9.47 Å². The average molecular weight is 234 g/mol. The van der Waals surface area contributed by atoms with Gasteiger partial charge in [-0.15, -0.1) is 0 Å². The van der Waals surface area contributed by atoms with Gasteiger partial charge in [-0.2, -0.15) is 0 Å². The number of nitrogens with zero attached hydrogens (tertiary/aromatic N) is 1. The lowest BCUT2D eigenvalue weighted by atomic mass is 10.1. The van der Waals surface area contributed by atoms with Crippen LogP contribution in [0.1, 0.15) is 36.9 Å². The van der Waals surface area contributed by atoms with Gasteiger partial charge in [-0.3, -0.25) is 0 Å². The topological polar surface area (TPSA) is 57.4 Å². The van der Waals surface area contributed by atoms with Gasteiger partial charge in [-0.25, -0.2) is 4.98 Å². The Morgan fingerprint density at radius 3 is 3.00 bits per heavy atom. The van der Waals surface area contributed by atoms with E-state index in [2.05, 4.69) is 4.98 Å². The second kappa shape index (κ2) is 4.53. The molecular formula is C13H18N2O2. The van der Waals surface area contributed by atoms with Crippen molar-refractivity contribution in [3.8, 4) is 5.88 Å². The maximum atomic E-state index is 5.98. The zero-order valence-corrected chi connectivity index (χ0v) is 9.95. The number of hydrogen-bond donors (Lipinski definition) is 1. The summed E-state index contributed by atoms with van der Waals surface area (Å²) in [6.07, 6.45) is 5.93. The minimum Gasteiger partial charge on any atom is -0.473 e. The zero-order valence-electron chi connectivity index (χ0n) is 9.95. The van der Waals surface area contributed by atoms with Crippen LogP contribution < -0.4 is 10.5 Å². The molecule has 2 heterocycles. The molecule has 0 aromatic carbocycles. The van der Waals surface area contributed by atoms with E-state index >= 15 is 0 Å². The van der Waals surface area contributed by atoms with Crippen molar-refractivity contribution in [2.45, 2.75) is 44.8 Å². The Bertz CT molecular complexity index is 414. The number of nitrogens with two attached hydrogens (primary N) is 1. The van der Waals surface area contributed by atoms with Crippen LogP contribution in [0.3, 0.4) is 0 Å². The van der Waals surface area contributed by atoms with Crippen molar-refractivity contribution in [2.75, 3.05) is 12.3 Å². The van der Waals surface area contributed by atoms with E-state index in [-0.39, 0.29) is 0 Å². The summed E-state index contributed by atoms with van der Waals surface area (Å²) in [7, 11) is 0. The molecular weight excluding hydrogens is 216 g/mol. The van der Waals surface area contributed by atoms with Gasteiger partial charge in [-0.05, 0) is 31.7 Å². The molecule has 0 radical (unpaired) electrons. The molecule has 0 saturated heterocycles. The lowest BCUT2D eigenvalue weighted by Crippen LogP contribution is -2.17. The van der Waals surface area contributed by atoms with Gasteiger partial charge in [0.2, 0.25) is 5.88 Å². The summed E-state index contributed by atoms with van der Waals surface area (Å²) in [6, 6.07) is 1.95. The Balaban J connectivity index is 1.83. The summed E-state index contributed by atoms with van der Waals surface area (Å²) in [4.78, 5) is 4.55. The predicted molar refractivity (Wildman–Crippen MR) is 64.9 cm³/mol. The summed E-state index contributed by atoms with van der Waals surface area (Å²) in [5, 5.41) is 0. The van der Waals surface area contributed by atoms with Crippen LogP contribution in [0.15, 0.2) is 6.07 Å². The first-order chi connectivity index (χ1) is 8.33. The summed E-state index contributed by atoms with van der Waals surface area (Å²) in [5.41, 5.74) is 8.81. The molecule has 0 amide bonds. The standard InChI is InChI=1S/C13H18N2O2/c14-11-7-9-8-16-6-5-12(9)15-13(11)17-10-3-1-2-4-10/h7,10H,1-6,8,14H2. The Morgan fingerprint density at radius 2 is 2.18 bits per heavy atom. The van der Waals surface area contributed by atoms with Crippen LogP contribution in [0.25, 0.3) is 0 Å². The van der Waals surface area contributed by atoms with Crippen molar-refractivity contribution in [3.05, 3.63) is 17.3 Å². The van der Waals surface area contributed by atoms with Crippen LogP contribution in [0, 0.1) is 0 Å². The molecule has 3 rings (SSSR count). The Labute approximate surface area is 101 Å². The number of nitrogen functional groups attached to an aromatic ring is 1. The highest BCUT2D eigenvalue weighted by molar-refractivity contribution is 5.51. The number of hydrogen-bond acceptors (Lipinski definition) is 4. The van der Waals surface area contributed by atoms with Crippen molar-refractivity contribution in [3.63, 3.8) is 0 Å². The predicted octanol–water partition coefficient (Wildman–Crippen LogP) is 2.06. The Morgan fingerprint density at radius 1 is 1.35 bits per heavy atom. The molecule has 4 heteroatoms. The first-order valence-corrected chi connectivity index (χ1v) is 6.35. The maximum Gasteiger partial charge on any atom is 0.237 e. The van der Waals surface area contributed by atoms with E-state index in [4.69, 9.17) is 15.2 Å². The third-order valence-electron chi connectivity index (χ3n) is 3.51. The van der Waals surface area contributed by atoms with E-state index in [0.717, 1.165) is 37.1 Å². The maximum absolute atomic E-state index is 5.98. The molecule has 4 nitrogen and oxygen atoms in total. The number of rotatable bonds is 2. The summed E-state index contributed by atoms with van der Waals surface area (Å²) in [6.45, 7) is 1.36. The fourth-order valence-electron chi connectivity index (χ4n) is 2.54. The highest BCUT2D eigenvalue weighted by atomic mass is 16.5. The van der Waals surface area contributed by atoms with E-state index in [9.17, 15) is 0 Å². The minimum absolute atomic E-state index is 0.308. The van der Waals surface area contributed by atoms with E-state index in [1.165, 1.54) is 12.8 Å². The minimum atomic E-state index is 0.308. The fraction of sp³-hybridized carbons (Fsp3) is 0.615. The molecule has 1 aliphatic heterocycles. The molecule has 1 aromatic heterocycles. The van der Waals surface area contributed by atoms with Crippen molar-refractivity contribution in [1.82, 2.24) is 4.98 Å². The molecule has 0 bridgehead atoms. The lowest BCUT2D eigenvalue weighted by Gasteiger charge is -2.19. The van der Waals surface area contributed by atoms with Gasteiger partial charge in [0, 0.05) is 12.0 Å². The van der Waals surface area contributed by atoms with Crippen molar-refractivity contribution in [1.29, 1.82) is 0 Å². The van der Waals surface area contributed by atoms with Gasteiger partial charge >= 0.3 is 0 Å². The molecule has 2 aliphatic rings. The van der Waals surface area contributed by atoms with Crippen molar-refractivity contribution >= 4 is 5.69 Å². The molecule has 1 saturated carbocycles. The first-order valence-electron chi connectivity index (χ1n) is 6.35. The largest absolute Gasteiger partial charge is 0.473 e. The van der Waals surface area contributed by atoms with Crippen LogP contribution in [0.2, 0.25) is 0 Å². The van der Waals surface area contributed by atoms with Gasteiger partial charge in [0.25, 0.3) is 0 Å². The second-order valence-corrected chi connectivity index (χ2v) is 4.82. The third-order valence-corrected chi connectivity index (χ3v) is 3.51. The van der Waals surface area contributed by atoms with E-state index < -0.39 is 0 Å². The summed E-state index contributed by atoms with van der Waals surface area (Å²) >= 11 is 0. The third kappa shape index (κ3) is 2.22. The van der Waals surface area contributed by atoms with Gasteiger partial charge in [0.1, 0.15) is 6.10 Å². The number of aromatic nitrogens is 1. The number of fused-ring (bicyclic) bond motifs is 1. The van der Waals surface area contributed by atoms with E-state index in [0.29, 0.717) is 24.3 Å². The smallest absolute Gasteiger partial charge is 0.237 e. The molecule has 0 atom stereocenters. The first kappa shape index (κ1) is 10.8. The number of ether oxygens (including phenoxy) is 2. The van der Waals surface area contributed by atoms with E-state index in [1.54, 1.807) is 0 Å². The quantitative estimate of drug-likeness (QED) is 0.851. The molecule has 1 aromatic rings. The summed E-state index contributed by atoms with van der Waals surface area (Å²) < 4.78 is 11.3. The fourth-order valence-corrected chi connectivity index (χ4v) is 2.54. The van der Waals surface area contributed by atoms with Crippen LogP contribution in [-0.4, -0.2) is 17.7 Å². The highest BCUT2D eigenvalue weighted by Gasteiger charge is 2.20. The van der Waals surface area contributed by atoms with Gasteiger partial charge in [0.15, 0.2) is 0 Å². The van der Waals surface area contributed by atoms with Crippen LogP contribution in [-0.2, 0) is 17.8 Å². The lowest BCUT2D eigenvalue weighted by molar-refractivity contribution is 0.108. The molecule has 2 N–H and O–H groups in total. The molecule has 1 aliphatic carbocycles. The van der Waals surface area contributed by atoms with Crippen molar-refractivity contribution in [2.24, 2.45) is 0 Å². The van der Waals surface area contributed by atoms with Gasteiger partial charge in [0.05, 0.1) is 24.6 Å². The molecule has 0 spiro atoms. The summed E-state index contributed by atoms with van der Waals surface area (Å²) in [5.74, 6) is 0.623. The highest BCUT2D eigenvalue weighted by Crippen LogP contribution is 2.29. The number of pyridine rings is 1. The average Bonchev–Trinajstić information content (AvgIpc) is 2.83.